The Bertz CT molecular complexity index is 541. The van der Waals surface area contributed by atoms with Crippen molar-refractivity contribution in [2.24, 2.45) is 0 Å². The minimum Gasteiger partial charge on any atom is -0.295 e. The lowest BCUT2D eigenvalue weighted by atomic mass is 10.3. The van der Waals surface area contributed by atoms with Crippen molar-refractivity contribution in [3.8, 4) is 0 Å². The number of hydrogen-bond acceptors (Lipinski definition) is 3. The third-order valence-corrected chi connectivity index (χ3v) is 3.96. The number of carbonyl (C=O) groups excluding carboxylic acids is 1. The summed E-state index contributed by atoms with van der Waals surface area (Å²) in [6, 6.07) is 4.00. The molecule has 1 aromatic carbocycles. The van der Waals surface area contributed by atoms with Crippen LogP contribution in [0.3, 0.4) is 0 Å². The summed E-state index contributed by atoms with van der Waals surface area (Å²) in [5.74, 6) is 0. The van der Waals surface area contributed by atoms with Gasteiger partial charge >= 0.3 is 6.03 Å². The second kappa shape index (κ2) is 3.21. The van der Waals surface area contributed by atoms with E-state index in [2.05, 4.69) is 15.9 Å². The van der Waals surface area contributed by atoms with Gasteiger partial charge in [-0.15, -0.1) is 0 Å². The Morgan fingerprint density at radius 1 is 1.40 bits per heavy atom. The van der Waals surface area contributed by atoms with Crippen molar-refractivity contribution in [3.63, 3.8) is 0 Å². The molecule has 1 aliphatic rings. The summed E-state index contributed by atoms with van der Waals surface area (Å²) in [7, 11) is -2.19. The third-order valence-electron chi connectivity index (χ3n) is 2.10. The highest BCUT2D eigenvalue weighted by Crippen LogP contribution is 2.30. The molecule has 7 heteroatoms. The Morgan fingerprint density at radius 3 is 2.73 bits per heavy atom. The van der Waals surface area contributed by atoms with Gasteiger partial charge in [0.1, 0.15) is 4.90 Å². The fourth-order valence-corrected chi connectivity index (χ4v) is 2.87. The van der Waals surface area contributed by atoms with Gasteiger partial charge in [0.2, 0.25) is 0 Å². The van der Waals surface area contributed by atoms with Crippen LogP contribution in [0.1, 0.15) is 0 Å². The molecule has 2 amide bonds. The number of anilines is 1. The minimum absolute atomic E-state index is 0.104. The van der Waals surface area contributed by atoms with Gasteiger partial charge in [0.25, 0.3) is 10.0 Å². The molecule has 2 rings (SSSR count). The van der Waals surface area contributed by atoms with Gasteiger partial charge in [-0.25, -0.2) is 17.9 Å². The predicted molar refractivity (Wildman–Crippen MR) is 58.3 cm³/mol. The second-order valence-corrected chi connectivity index (χ2v) is 5.65. The van der Waals surface area contributed by atoms with Gasteiger partial charge in [-0.2, -0.15) is 0 Å². The summed E-state index contributed by atoms with van der Waals surface area (Å²) in [6.07, 6.45) is 0. The van der Waals surface area contributed by atoms with E-state index in [1.807, 2.05) is 4.72 Å². The van der Waals surface area contributed by atoms with Gasteiger partial charge in [-0.3, -0.25) is 4.90 Å². The van der Waals surface area contributed by atoms with E-state index >= 15 is 0 Å². The molecule has 1 N–H and O–H groups in total. The molecule has 0 bridgehead atoms. The standard InChI is InChI=1S/C8H7BrN2O3S/c1-11-6-4-5(9)2-3-7(6)15(13,14)10-8(11)12/h2-4H,1H3,(H,10,12). The molecule has 5 nitrogen and oxygen atoms in total. The molecule has 80 valence electrons. The van der Waals surface area contributed by atoms with Crippen LogP contribution in [0, 0.1) is 0 Å². The van der Waals surface area contributed by atoms with Crippen molar-refractivity contribution in [3.05, 3.63) is 22.7 Å². The maximum Gasteiger partial charge on any atom is 0.335 e. The number of amides is 2. The molecule has 0 aliphatic carbocycles. The zero-order valence-electron chi connectivity index (χ0n) is 7.69. The van der Waals surface area contributed by atoms with Crippen LogP contribution in [0.25, 0.3) is 0 Å². The molecular formula is C8H7BrN2O3S. The summed E-state index contributed by atoms with van der Waals surface area (Å²) >= 11 is 3.22. The molecule has 1 aliphatic heterocycles. The molecule has 0 fully saturated rings. The van der Waals surface area contributed by atoms with E-state index in [1.165, 1.54) is 18.0 Å². The molecule has 0 saturated carbocycles. The molecule has 0 spiro atoms. The molecule has 0 unspecified atom stereocenters. The van der Waals surface area contributed by atoms with Crippen LogP contribution in [0.4, 0.5) is 10.5 Å². The lowest BCUT2D eigenvalue weighted by molar-refractivity contribution is 0.251. The van der Waals surface area contributed by atoms with Crippen LogP contribution in [-0.2, 0) is 10.0 Å². The van der Waals surface area contributed by atoms with Crippen LogP contribution >= 0.6 is 15.9 Å². The number of rotatable bonds is 0. The largest absolute Gasteiger partial charge is 0.335 e. The first kappa shape index (κ1) is 10.4. The van der Waals surface area contributed by atoms with Crippen molar-refractivity contribution in [1.29, 1.82) is 0 Å². The Morgan fingerprint density at radius 2 is 2.07 bits per heavy atom. The number of urea groups is 1. The highest BCUT2D eigenvalue weighted by Gasteiger charge is 2.31. The molecule has 0 atom stereocenters. The smallest absolute Gasteiger partial charge is 0.295 e. The first-order valence-corrected chi connectivity index (χ1v) is 6.29. The van der Waals surface area contributed by atoms with E-state index in [-0.39, 0.29) is 4.90 Å². The van der Waals surface area contributed by atoms with Crippen molar-refractivity contribution < 1.29 is 13.2 Å². The second-order valence-electron chi connectivity index (χ2n) is 3.08. The molecule has 15 heavy (non-hydrogen) atoms. The summed E-state index contributed by atoms with van der Waals surface area (Å²) in [5.41, 5.74) is 0.369. The monoisotopic (exact) mass is 290 g/mol. The minimum atomic E-state index is -3.70. The van der Waals surface area contributed by atoms with Gasteiger partial charge in [0, 0.05) is 11.5 Å². The SMILES string of the molecule is CN1C(=O)NS(=O)(=O)c2ccc(Br)cc21. The van der Waals surface area contributed by atoms with Crippen LogP contribution in [0.2, 0.25) is 0 Å². The van der Waals surface area contributed by atoms with E-state index in [0.717, 1.165) is 4.47 Å². The van der Waals surface area contributed by atoms with Gasteiger partial charge in [-0.05, 0) is 18.2 Å². The zero-order chi connectivity index (χ0) is 11.2. The average Bonchev–Trinajstić information content (AvgIpc) is 2.13. The number of fused-ring (bicyclic) bond motifs is 1. The zero-order valence-corrected chi connectivity index (χ0v) is 10.1. The fourth-order valence-electron chi connectivity index (χ4n) is 1.33. The number of halogens is 1. The summed E-state index contributed by atoms with van der Waals surface area (Å²) in [6.45, 7) is 0. The normalized spacial score (nSPS) is 18.3. The molecule has 0 saturated heterocycles. The number of nitrogens with zero attached hydrogens (tertiary/aromatic N) is 1. The van der Waals surface area contributed by atoms with Crippen LogP contribution < -0.4 is 9.62 Å². The number of benzene rings is 1. The maximum absolute atomic E-state index is 11.6. The predicted octanol–water partition coefficient (Wildman–Crippen LogP) is 1.30. The lowest BCUT2D eigenvalue weighted by Crippen LogP contribution is -2.45. The maximum atomic E-state index is 11.6. The van der Waals surface area contributed by atoms with Gasteiger partial charge in [-0.1, -0.05) is 15.9 Å². The van der Waals surface area contributed by atoms with Crippen LogP contribution in [-0.4, -0.2) is 21.5 Å². The Labute approximate surface area is 95.3 Å². The molecule has 1 heterocycles. The van der Waals surface area contributed by atoms with E-state index in [1.54, 1.807) is 12.1 Å². The Balaban J connectivity index is 2.75. The highest BCUT2D eigenvalue weighted by molar-refractivity contribution is 9.10. The number of nitrogens with one attached hydrogen (secondary N) is 1. The average molecular weight is 291 g/mol. The van der Waals surface area contributed by atoms with E-state index in [9.17, 15) is 13.2 Å². The highest BCUT2D eigenvalue weighted by atomic mass is 79.9. The molecule has 0 radical (unpaired) electrons. The van der Waals surface area contributed by atoms with Gasteiger partial charge in [0.15, 0.2) is 0 Å². The first-order valence-electron chi connectivity index (χ1n) is 4.02. The molecule has 0 aromatic heterocycles. The number of hydrogen-bond donors (Lipinski definition) is 1. The van der Waals surface area contributed by atoms with Gasteiger partial charge < -0.3 is 0 Å². The van der Waals surface area contributed by atoms with Crippen molar-refractivity contribution >= 4 is 37.7 Å². The number of sulfonamides is 1. The van der Waals surface area contributed by atoms with Crippen molar-refractivity contribution in [2.75, 3.05) is 11.9 Å². The molecule has 1 aromatic rings. The summed E-state index contributed by atoms with van der Waals surface area (Å²) < 4.78 is 25.8. The lowest BCUT2D eigenvalue weighted by Gasteiger charge is -2.26. The molecular weight excluding hydrogens is 284 g/mol. The summed E-state index contributed by atoms with van der Waals surface area (Å²) in [4.78, 5) is 12.7. The number of carbonyl (C=O) groups is 1. The van der Waals surface area contributed by atoms with Crippen LogP contribution in [0.5, 0.6) is 0 Å². The fraction of sp³-hybridized carbons (Fsp3) is 0.125. The van der Waals surface area contributed by atoms with Gasteiger partial charge in [0.05, 0.1) is 5.69 Å². The quantitative estimate of drug-likeness (QED) is 0.783. The van der Waals surface area contributed by atoms with Crippen molar-refractivity contribution in [1.82, 2.24) is 4.72 Å². The van der Waals surface area contributed by atoms with Crippen LogP contribution in [0.15, 0.2) is 27.6 Å². The van der Waals surface area contributed by atoms with E-state index in [0.29, 0.717) is 5.69 Å². The van der Waals surface area contributed by atoms with E-state index < -0.39 is 16.1 Å². The topological polar surface area (TPSA) is 66.5 Å². The van der Waals surface area contributed by atoms with E-state index in [4.69, 9.17) is 0 Å². The van der Waals surface area contributed by atoms with Crippen molar-refractivity contribution in [2.45, 2.75) is 4.90 Å². The first-order chi connectivity index (χ1) is 6.92. The third kappa shape index (κ3) is 1.61. The summed E-state index contributed by atoms with van der Waals surface area (Å²) in [5, 5.41) is 0. The Kier molecular flexibility index (Phi) is 2.23. The Hall–Kier alpha value is -1.08.